The first-order valence-electron chi connectivity index (χ1n) is 6.43. The molecule has 1 saturated heterocycles. The number of carbonyl (C=O) groups excluding carboxylic acids is 3. The Morgan fingerprint density at radius 3 is 2.86 bits per heavy atom. The van der Waals surface area contributed by atoms with Crippen LogP contribution in [0.15, 0.2) is 12.3 Å². The normalized spacial score (nSPS) is 18.0. The van der Waals surface area contributed by atoms with Gasteiger partial charge in [-0.05, 0) is 13.0 Å². The zero-order chi connectivity index (χ0) is 15.6. The fourth-order valence-electron chi connectivity index (χ4n) is 1.98. The van der Waals surface area contributed by atoms with Crippen LogP contribution in [0.3, 0.4) is 0 Å². The SMILES string of the molecule is CCOC(=O)c1cc(NC2CC(=O)N(C)C2=O)ncc1N. The first kappa shape index (κ1) is 14.8. The molecule has 21 heavy (non-hydrogen) atoms. The molecule has 3 N–H and O–H groups in total. The third-order valence-corrected chi connectivity index (χ3v) is 3.13. The van der Waals surface area contributed by atoms with E-state index in [2.05, 4.69) is 10.3 Å². The zero-order valence-electron chi connectivity index (χ0n) is 11.8. The van der Waals surface area contributed by atoms with E-state index in [9.17, 15) is 14.4 Å². The van der Waals surface area contributed by atoms with Gasteiger partial charge in [0.15, 0.2) is 0 Å². The average Bonchev–Trinajstić information content (AvgIpc) is 2.68. The predicted octanol–water partition coefficient (Wildman–Crippen LogP) is 0.00970. The molecule has 1 aromatic rings. The number of likely N-dealkylation sites (tertiary alicyclic amines) is 1. The molecule has 0 radical (unpaired) electrons. The molecule has 2 heterocycles. The Labute approximate surface area is 121 Å². The van der Waals surface area contributed by atoms with Crippen molar-refractivity contribution >= 4 is 29.3 Å². The van der Waals surface area contributed by atoms with E-state index in [-0.39, 0.29) is 41.9 Å². The van der Waals surface area contributed by atoms with Gasteiger partial charge in [0.25, 0.3) is 5.91 Å². The maximum absolute atomic E-state index is 11.8. The standard InChI is InChI=1S/C13H16N4O4/c1-3-21-13(20)7-4-10(15-6-8(7)14)16-9-5-11(18)17(2)12(9)19/h4,6,9H,3,5,14H2,1-2H3,(H,15,16). The maximum Gasteiger partial charge on any atom is 0.340 e. The van der Waals surface area contributed by atoms with Gasteiger partial charge in [-0.15, -0.1) is 0 Å². The van der Waals surface area contributed by atoms with Gasteiger partial charge in [-0.1, -0.05) is 0 Å². The Bertz CT molecular complexity index is 602. The number of nitrogens with zero attached hydrogens (tertiary/aromatic N) is 2. The number of anilines is 2. The van der Waals surface area contributed by atoms with E-state index in [4.69, 9.17) is 10.5 Å². The van der Waals surface area contributed by atoms with Gasteiger partial charge >= 0.3 is 5.97 Å². The monoisotopic (exact) mass is 292 g/mol. The van der Waals surface area contributed by atoms with Gasteiger partial charge < -0.3 is 15.8 Å². The minimum atomic E-state index is -0.686. The van der Waals surface area contributed by atoms with E-state index in [0.29, 0.717) is 0 Å². The van der Waals surface area contributed by atoms with Crippen LogP contribution in [0.5, 0.6) is 0 Å². The first-order valence-corrected chi connectivity index (χ1v) is 6.43. The Balaban J connectivity index is 2.18. The molecule has 0 aromatic carbocycles. The second kappa shape index (κ2) is 5.78. The number of imide groups is 1. The molecule has 1 fully saturated rings. The van der Waals surface area contributed by atoms with E-state index in [1.54, 1.807) is 6.92 Å². The second-order valence-corrected chi connectivity index (χ2v) is 4.57. The summed E-state index contributed by atoms with van der Waals surface area (Å²) in [6.07, 6.45) is 1.36. The van der Waals surface area contributed by atoms with Crippen LogP contribution in [0.2, 0.25) is 0 Å². The quantitative estimate of drug-likeness (QED) is 0.593. The summed E-state index contributed by atoms with van der Waals surface area (Å²) in [6.45, 7) is 1.91. The number of rotatable bonds is 4. The molecule has 2 rings (SSSR count). The highest BCUT2D eigenvalue weighted by Crippen LogP contribution is 2.20. The Morgan fingerprint density at radius 2 is 2.29 bits per heavy atom. The zero-order valence-corrected chi connectivity index (χ0v) is 11.8. The summed E-state index contributed by atoms with van der Waals surface area (Å²) < 4.78 is 4.89. The molecule has 1 aliphatic heterocycles. The predicted molar refractivity (Wildman–Crippen MR) is 74.4 cm³/mol. The number of ether oxygens (including phenoxy) is 1. The van der Waals surface area contributed by atoms with Crippen molar-refractivity contribution in [3.63, 3.8) is 0 Å². The van der Waals surface area contributed by atoms with Crippen molar-refractivity contribution in [1.29, 1.82) is 0 Å². The van der Waals surface area contributed by atoms with Crippen molar-refractivity contribution in [2.75, 3.05) is 24.7 Å². The van der Waals surface area contributed by atoms with Crippen molar-refractivity contribution in [3.05, 3.63) is 17.8 Å². The van der Waals surface area contributed by atoms with Gasteiger partial charge in [0.1, 0.15) is 11.9 Å². The summed E-state index contributed by atoms with van der Waals surface area (Å²) in [7, 11) is 1.42. The number of aromatic nitrogens is 1. The highest BCUT2D eigenvalue weighted by Gasteiger charge is 2.36. The third kappa shape index (κ3) is 2.93. The number of pyridine rings is 1. The number of carbonyl (C=O) groups is 3. The number of esters is 1. The van der Waals surface area contributed by atoms with E-state index >= 15 is 0 Å². The van der Waals surface area contributed by atoms with Crippen LogP contribution in [0.25, 0.3) is 0 Å². The van der Waals surface area contributed by atoms with Crippen LogP contribution < -0.4 is 11.1 Å². The molecule has 2 amide bonds. The number of nitrogen functional groups attached to an aromatic ring is 1. The fourth-order valence-corrected chi connectivity index (χ4v) is 1.98. The van der Waals surface area contributed by atoms with Crippen LogP contribution in [0.1, 0.15) is 23.7 Å². The van der Waals surface area contributed by atoms with Crippen molar-refractivity contribution in [1.82, 2.24) is 9.88 Å². The van der Waals surface area contributed by atoms with Crippen LogP contribution in [0, 0.1) is 0 Å². The van der Waals surface area contributed by atoms with E-state index in [1.807, 2.05) is 0 Å². The number of nitrogens with one attached hydrogen (secondary N) is 1. The van der Waals surface area contributed by atoms with Gasteiger partial charge in [0, 0.05) is 7.05 Å². The number of nitrogens with two attached hydrogens (primary N) is 1. The maximum atomic E-state index is 11.8. The average molecular weight is 292 g/mol. The lowest BCUT2D eigenvalue weighted by atomic mass is 10.2. The number of amides is 2. The van der Waals surface area contributed by atoms with Crippen molar-refractivity contribution < 1.29 is 19.1 Å². The van der Waals surface area contributed by atoms with Crippen LogP contribution in [-0.4, -0.2) is 47.4 Å². The number of likely N-dealkylation sites (N-methyl/N-ethyl adjacent to an activating group) is 1. The molecular formula is C13H16N4O4. The second-order valence-electron chi connectivity index (χ2n) is 4.57. The van der Waals surface area contributed by atoms with Gasteiger partial charge in [-0.2, -0.15) is 0 Å². The van der Waals surface area contributed by atoms with Crippen LogP contribution in [0.4, 0.5) is 11.5 Å². The Hall–Kier alpha value is -2.64. The summed E-state index contributed by atoms with van der Waals surface area (Å²) in [5, 5.41) is 2.83. The summed E-state index contributed by atoms with van der Waals surface area (Å²) in [5.74, 6) is -0.880. The molecular weight excluding hydrogens is 276 g/mol. The highest BCUT2D eigenvalue weighted by atomic mass is 16.5. The summed E-state index contributed by atoms with van der Waals surface area (Å²) in [4.78, 5) is 40.1. The topological polar surface area (TPSA) is 115 Å². The Kier molecular flexibility index (Phi) is 4.06. The van der Waals surface area contributed by atoms with Crippen LogP contribution in [-0.2, 0) is 14.3 Å². The minimum absolute atomic E-state index is 0.0517. The molecule has 8 nitrogen and oxygen atoms in total. The molecule has 8 heteroatoms. The van der Waals surface area contributed by atoms with E-state index in [1.165, 1.54) is 19.3 Å². The van der Waals surface area contributed by atoms with Gasteiger partial charge in [0.2, 0.25) is 5.91 Å². The minimum Gasteiger partial charge on any atom is -0.462 e. The molecule has 1 atom stereocenters. The molecule has 1 unspecified atom stereocenters. The van der Waals surface area contributed by atoms with E-state index in [0.717, 1.165) is 4.90 Å². The van der Waals surface area contributed by atoms with Gasteiger partial charge in [-0.25, -0.2) is 9.78 Å². The molecule has 1 aliphatic rings. The lowest BCUT2D eigenvalue weighted by Gasteiger charge is -2.13. The summed E-state index contributed by atoms with van der Waals surface area (Å²) in [6, 6.07) is 0.720. The summed E-state index contributed by atoms with van der Waals surface area (Å²) >= 11 is 0. The molecule has 0 aliphatic carbocycles. The lowest BCUT2D eigenvalue weighted by Crippen LogP contribution is -2.32. The first-order chi connectivity index (χ1) is 9.93. The van der Waals surface area contributed by atoms with Gasteiger partial charge in [0.05, 0.1) is 30.5 Å². The molecule has 0 bridgehead atoms. The Morgan fingerprint density at radius 1 is 1.57 bits per heavy atom. The largest absolute Gasteiger partial charge is 0.462 e. The van der Waals surface area contributed by atoms with Crippen LogP contribution >= 0.6 is 0 Å². The van der Waals surface area contributed by atoms with Gasteiger partial charge in [-0.3, -0.25) is 14.5 Å². The third-order valence-electron chi connectivity index (χ3n) is 3.13. The fraction of sp³-hybridized carbons (Fsp3) is 0.385. The molecule has 0 spiro atoms. The summed E-state index contributed by atoms with van der Waals surface area (Å²) in [5.41, 5.74) is 6.03. The molecule has 0 saturated carbocycles. The highest BCUT2D eigenvalue weighted by molar-refractivity contribution is 6.06. The number of hydrogen-bond acceptors (Lipinski definition) is 7. The molecule has 112 valence electrons. The van der Waals surface area contributed by atoms with E-state index < -0.39 is 12.0 Å². The smallest absolute Gasteiger partial charge is 0.340 e. The van der Waals surface area contributed by atoms with Crippen molar-refractivity contribution in [2.24, 2.45) is 0 Å². The van der Waals surface area contributed by atoms with Crippen molar-refractivity contribution in [3.8, 4) is 0 Å². The van der Waals surface area contributed by atoms with Crippen molar-refractivity contribution in [2.45, 2.75) is 19.4 Å². The number of hydrogen-bond donors (Lipinski definition) is 2. The lowest BCUT2D eigenvalue weighted by molar-refractivity contribution is -0.136. The molecule has 1 aromatic heterocycles.